The molecule has 0 aromatic rings. The highest BCUT2D eigenvalue weighted by Crippen LogP contribution is 1.89. The van der Waals surface area contributed by atoms with Crippen LogP contribution in [0.5, 0.6) is 0 Å². The molecule has 0 aromatic heterocycles. The van der Waals surface area contributed by atoms with E-state index in [0.29, 0.717) is 0 Å². The van der Waals surface area contributed by atoms with Crippen LogP contribution in [0.25, 0.3) is 0 Å². The number of nitrogens with two attached hydrogens (primary N) is 1. The highest BCUT2D eigenvalue weighted by atomic mass is 16.2. The molecule has 0 radical (unpaired) electrons. The molecule has 0 spiro atoms. The van der Waals surface area contributed by atoms with Gasteiger partial charge in [-0.3, -0.25) is 9.59 Å². The molecular weight excluding hydrogens is 194 g/mol. The normalized spacial score (nSPS) is 14.3. The van der Waals surface area contributed by atoms with Crippen molar-refractivity contribution in [2.24, 2.45) is 5.73 Å². The fraction of sp³-hybridized carbons (Fsp3) is 0.800. The number of rotatable bonds is 7. The summed E-state index contributed by atoms with van der Waals surface area (Å²) in [4.78, 5) is 21.9. The Morgan fingerprint density at radius 1 is 1.27 bits per heavy atom. The first-order valence-electron chi connectivity index (χ1n) is 5.26. The molecule has 2 amide bonds. The zero-order valence-electron chi connectivity index (χ0n) is 9.67. The van der Waals surface area contributed by atoms with Crippen molar-refractivity contribution < 1.29 is 9.59 Å². The second-order valence-corrected chi connectivity index (χ2v) is 3.83. The van der Waals surface area contributed by atoms with Crippen LogP contribution in [0.1, 0.15) is 33.6 Å². The summed E-state index contributed by atoms with van der Waals surface area (Å²) in [7, 11) is 0. The van der Waals surface area contributed by atoms with Gasteiger partial charge in [0.2, 0.25) is 11.8 Å². The van der Waals surface area contributed by atoms with E-state index in [1.807, 2.05) is 20.8 Å². The average molecular weight is 215 g/mol. The summed E-state index contributed by atoms with van der Waals surface area (Å²) < 4.78 is 0. The van der Waals surface area contributed by atoms with Gasteiger partial charge in [0.15, 0.2) is 0 Å². The minimum atomic E-state index is -0.364. The summed E-state index contributed by atoms with van der Waals surface area (Å²) in [6, 6.07) is 0.121. The molecular formula is C10H21N3O2. The van der Waals surface area contributed by atoms with Gasteiger partial charge in [0.25, 0.3) is 0 Å². The van der Waals surface area contributed by atoms with Gasteiger partial charge in [-0.2, -0.15) is 0 Å². The molecule has 0 aromatic carbocycles. The lowest BCUT2D eigenvalue weighted by atomic mass is 10.2. The van der Waals surface area contributed by atoms with E-state index in [-0.39, 0.29) is 36.9 Å². The summed E-state index contributed by atoms with van der Waals surface area (Å²) in [5.41, 5.74) is 5.02. The topological polar surface area (TPSA) is 84.2 Å². The van der Waals surface area contributed by atoms with E-state index in [9.17, 15) is 9.59 Å². The fourth-order valence-electron chi connectivity index (χ4n) is 1.07. The molecule has 0 rings (SSSR count). The molecule has 5 heteroatoms. The summed E-state index contributed by atoms with van der Waals surface area (Å²) in [5.74, 6) is -0.419. The Morgan fingerprint density at radius 3 is 2.33 bits per heavy atom. The summed E-state index contributed by atoms with van der Waals surface area (Å²) >= 11 is 0. The summed E-state index contributed by atoms with van der Waals surface area (Å²) in [5, 5.41) is 5.75. The van der Waals surface area contributed by atoms with E-state index < -0.39 is 0 Å². The van der Waals surface area contributed by atoms with Crippen molar-refractivity contribution in [3.8, 4) is 0 Å². The molecule has 15 heavy (non-hydrogen) atoms. The second-order valence-electron chi connectivity index (χ2n) is 3.83. The number of primary amides is 1. The standard InChI is InChI=1S/C10H21N3O2/c1-4-7(2)13-10(15)6-12-8(3)5-9(11)14/h7-8,12H,4-6H2,1-3H3,(H2,11,14)(H,13,15). The summed E-state index contributed by atoms with van der Waals surface area (Å²) in [6.45, 7) is 6.00. The van der Waals surface area contributed by atoms with Crippen LogP contribution in [0, 0.1) is 0 Å². The molecule has 88 valence electrons. The number of amides is 2. The molecule has 0 saturated carbocycles. The number of hydrogen-bond acceptors (Lipinski definition) is 3. The van der Waals surface area contributed by atoms with Gasteiger partial charge in [-0.05, 0) is 20.3 Å². The molecule has 0 aliphatic rings. The largest absolute Gasteiger partial charge is 0.370 e. The van der Waals surface area contributed by atoms with Gasteiger partial charge in [-0.1, -0.05) is 6.92 Å². The van der Waals surface area contributed by atoms with Gasteiger partial charge in [0.1, 0.15) is 0 Å². The zero-order valence-corrected chi connectivity index (χ0v) is 9.67. The van der Waals surface area contributed by atoms with Gasteiger partial charge in [0, 0.05) is 18.5 Å². The van der Waals surface area contributed by atoms with Crippen LogP contribution in [0.3, 0.4) is 0 Å². The van der Waals surface area contributed by atoms with E-state index in [2.05, 4.69) is 10.6 Å². The first-order valence-corrected chi connectivity index (χ1v) is 5.26. The third-order valence-electron chi connectivity index (χ3n) is 2.14. The van der Waals surface area contributed by atoms with E-state index in [1.54, 1.807) is 0 Å². The lowest BCUT2D eigenvalue weighted by Crippen LogP contribution is -2.42. The van der Waals surface area contributed by atoms with Gasteiger partial charge in [-0.25, -0.2) is 0 Å². The fourth-order valence-corrected chi connectivity index (χ4v) is 1.07. The first-order chi connectivity index (χ1) is 6.95. The van der Waals surface area contributed by atoms with Crippen LogP contribution in [0.2, 0.25) is 0 Å². The van der Waals surface area contributed by atoms with Crippen molar-refractivity contribution in [3.05, 3.63) is 0 Å². The predicted octanol–water partition coefficient (Wildman–Crippen LogP) is -0.245. The zero-order chi connectivity index (χ0) is 11.8. The van der Waals surface area contributed by atoms with Gasteiger partial charge >= 0.3 is 0 Å². The third-order valence-corrected chi connectivity index (χ3v) is 2.14. The highest BCUT2D eigenvalue weighted by molar-refractivity contribution is 5.78. The average Bonchev–Trinajstić information content (AvgIpc) is 2.13. The molecule has 0 aliphatic heterocycles. The van der Waals surface area contributed by atoms with Crippen molar-refractivity contribution in [1.29, 1.82) is 0 Å². The Labute approximate surface area is 90.8 Å². The lowest BCUT2D eigenvalue weighted by Gasteiger charge is -2.14. The van der Waals surface area contributed by atoms with E-state index >= 15 is 0 Å². The van der Waals surface area contributed by atoms with E-state index in [0.717, 1.165) is 6.42 Å². The molecule has 0 aliphatic carbocycles. The SMILES string of the molecule is CCC(C)NC(=O)CNC(C)CC(N)=O. The Morgan fingerprint density at radius 2 is 1.87 bits per heavy atom. The molecule has 4 N–H and O–H groups in total. The second kappa shape index (κ2) is 7.23. The van der Waals surface area contributed by atoms with Crippen LogP contribution in [0.15, 0.2) is 0 Å². The first kappa shape index (κ1) is 13.9. The van der Waals surface area contributed by atoms with Crippen LogP contribution >= 0.6 is 0 Å². The van der Waals surface area contributed by atoms with Crippen molar-refractivity contribution in [2.75, 3.05) is 6.54 Å². The number of carbonyl (C=O) groups is 2. The van der Waals surface area contributed by atoms with Gasteiger partial charge < -0.3 is 16.4 Å². The number of carbonyl (C=O) groups excluding carboxylic acids is 2. The van der Waals surface area contributed by atoms with E-state index in [1.165, 1.54) is 0 Å². The third kappa shape index (κ3) is 7.93. The Hall–Kier alpha value is -1.10. The molecule has 0 fully saturated rings. The number of hydrogen-bond donors (Lipinski definition) is 3. The van der Waals surface area contributed by atoms with Crippen LogP contribution < -0.4 is 16.4 Å². The molecule has 0 bridgehead atoms. The van der Waals surface area contributed by atoms with Crippen LogP contribution in [-0.2, 0) is 9.59 Å². The quantitative estimate of drug-likeness (QED) is 0.548. The van der Waals surface area contributed by atoms with Crippen molar-refractivity contribution in [2.45, 2.75) is 45.7 Å². The van der Waals surface area contributed by atoms with Crippen molar-refractivity contribution >= 4 is 11.8 Å². The maximum absolute atomic E-state index is 11.3. The molecule has 2 unspecified atom stereocenters. The van der Waals surface area contributed by atoms with Crippen LogP contribution in [-0.4, -0.2) is 30.4 Å². The van der Waals surface area contributed by atoms with Gasteiger partial charge in [0.05, 0.1) is 6.54 Å². The van der Waals surface area contributed by atoms with Crippen molar-refractivity contribution in [1.82, 2.24) is 10.6 Å². The Balaban J connectivity index is 3.66. The monoisotopic (exact) mass is 215 g/mol. The molecule has 0 saturated heterocycles. The Bertz CT molecular complexity index is 219. The maximum Gasteiger partial charge on any atom is 0.234 e. The van der Waals surface area contributed by atoms with Crippen LogP contribution in [0.4, 0.5) is 0 Å². The minimum absolute atomic E-state index is 0.0549. The molecule has 0 heterocycles. The predicted molar refractivity (Wildman–Crippen MR) is 59.2 cm³/mol. The Kier molecular flexibility index (Phi) is 6.70. The van der Waals surface area contributed by atoms with Gasteiger partial charge in [-0.15, -0.1) is 0 Å². The summed E-state index contributed by atoms with van der Waals surface area (Å²) in [6.07, 6.45) is 1.15. The van der Waals surface area contributed by atoms with E-state index in [4.69, 9.17) is 5.73 Å². The lowest BCUT2D eigenvalue weighted by molar-refractivity contribution is -0.122. The molecule has 5 nitrogen and oxygen atoms in total. The van der Waals surface area contributed by atoms with Crippen molar-refractivity contribution in [3.63, 3.8) is 0 Å². The number of nitrogens with one attached hydrogen (secondary N) is 2. The molecule has 2 atom stereocenters. The highest BCUT2D eigenvalue weighted by Gasteiger charge is 2.09. The smallest absolute Gasteiger partial charge is 0.234 e. The minimum Gasteiger partial charge on any atom is -0.370 e. The maximum atomic E-state index is 11.3.